The zero-order chi connectivity index (χ0) is 48.8. The molecule has 0 radical (unpaired) electrons. The Morgan fingerprint density at radius 2 is 0.712 bits per heavy atom. The van der Waals surface area contributed by atoms with Gasteiger partial charge in [-0.2, -0.15) is 4.57 Å². The minimum atomic E-state index is -7.22. The highest BCUT2D eigenvalue weighted by molar-refractivity contribution is 7.80. The van der Waals surface area contributed by atoms with Crippen molar-refractivity contribution >= 4 is 40.6 Å². The molecule has 0 saturated carbocycles. The molecule has 0 saturated heterocycles. The molecule has 0 fully saturated rings. The fraction of sp³-hybridized carbons (Fsp3) is 0.0244. The number of hydrogen-bond acceptors (Lipinski definition) is 3. The van der Waals surface area contributed by atoms with Crippen LogP contribution in [0.1, 0.15) is 5.56 Å². The van der Waals surface area contributed by atoms with E-state index in [-0.39, 0.29) is 0 Å². The molecule has 66 heavy (non-hydrogen) atoms. The monoisotopic (exact) mass is 974 g/mol. The summed E-state index contributed by atoms with van der Waals surface area (Å²) in [7, 11) is 0. The lowest BCUT2D eigenvalue weighted by Gasteiger charge is -2.44. The van der Waals surface area contributed by atoms with Crippen LogP contribution in [0.15, 0.2) is 78.1 Å². The van der Waals surface area contributed by atoms with Gasteiger partial charge in [0.1, 0.15) is 58.4 Å². The molecule has 0 amide bonds. The summed E-state index contributed by atoms with van der Waals surface area (Å²) in [5.74, 6) is -70.2. The quantitative estimate of drug-likeness (QED) is 0.0411. The molecular formula is C41H15BF20N2OS. The molecule has 0 atom stereocenters. The van der Waals surface area contributed by atoms with Gasteiger partial charge in [0.05, 0.1) is 6.20 Å². The van der Waals surface area contributed by atoms with Crippen LogP contribution in [0, 0.1) is 116 Å². The Bertz CT molecular complexity index is 2690. The van der Waals surface area contributed by atoms with Gasteiger partial charge >= 0.3 is 0 Å². The summed E-state index contributed by atoms with van der Waals surface area (Å²) in [4.78, 5) is 5.03. The molecule has 1 heterocycles. The lowest BCUT2D eigenvalue weighted by atomic mass is 9.12. The van der Waals surface area contributed by atoms with E-state index < -0.39 is 144 Å². The van der Waals surface area contributed by atoms with Crippen molar-refractivity contribution in [3.63, 3.8) is 0 Å². The summed E-state index contributed by atoms with van der Waals surface area (Å²) in [6.45, 7) is 0.780. The molecule has 0 aliphatic rings. The third-order valence-corrected chi connectivity index (χ3v) is 10.1. The predicted molar refractivity (Wildman–Crippen MR) is 193 cm³/mol. The van der Waals surface area contributed by atoms with Crippen molar-refractivity contribution in [2.75, 3.05) is 0 Å². The molecule has 0 bridgehead atoms. The second-order valence-corrected chi connectivity index (χ2v) is 13.9. The van der Waals surface area contributed by atoms with Crippen LogP contribution >= 0.6 is 12.6 Å². The van der Waals surface area contributed by atoms with Gasteiger partial charge < -0.3 is 4.74 Å². The van der Waals surface area contributed by atoms with Crippen molar-refractivity contribution in [1.82, 2.24) is 4.98 Å². The first kappa shape index (κ1) is 48.7. The third kappa shape index (κ3) is 8.01. The summed E-state index contributed by atoms with van der Waals surface area (Å²) < 4.78 is 302. The van der Waals surface area contributed by atoms with Crippen molar-refractivity contribution in [3.05, 3.63) is 195 Å². The van der Waals surface area contributed by atoms with E-state index in [4.69, 9.17) is 4.74 Å². The Labute approximate surface area is 360 Å². The van der Waals surface area contributed by atoms with Gasteiger partial charge in [0.15, 0.2) is 82.5 Å². The molecule has 25 heteroatoms. The van der Waals surface area contributed by atoms with Crippen molar-refractivity contribution in [3.8, 4) is 11.6 Å². The molecule has 0 N–H and O–H groups in total. The van der Waals surface area contributed by atoms with Crippen LogP contribution in [0.4, 0.5) is 87.8 Å². The van der Waals surface area contributed by atoms with E-state index in [0.29, 0.717) is 11.6 Å². The molecule has 6 aromatic carbocycles. The van der Waals surface area contributed by atoms with E-state index in [1.165, 1.54) is 5.56 Å². The van der Waals surface area contributed by atoms with E-state index in [1.807, 2.05) is 59.4 Å². The second kappa shape index (κ2) is 18.6. The Morgan fingerprint density at radius 3 is 1.05 bits per heavy atom. The van der Waals surface area contributed by atoms with E-state index in [2.05, 4.69) is 29.7 Å². The number of nitrogens with zero attached hydrogens (tertiary/aromatic N) is 2. The summed E-state index contributed by atoms with van der Waals surface area (Å²) in [6.07, 6.45) is -1.68. The maximum Gasteiger partial charge on any atom is 0.285 e. The van der Waals surface area contributed by atoms with Crippen LogP contribution in [-0.2, 0) is 6.54 Å². The standard InChI is InChI=1S/C24BF20.C17H14N2OS/c26-5-1(6(27)14(35)21(42)13(5)34)25(2-7(28)15(36)22(43)16(37)8(2)29,3-9(30)17(38)23(44)18(39)10(3)31)4-11(32)19(40)24(45)20(41)12(4)33;21-16-9-5-4-8-15(16)20-17-13-19(11-10-18-17)12-14-6-2-1-3-7-14/h;1-11,13H,12H2/q-1;/p+1. The molecule has 7 rings (SSSR count). The van der Waals surface area contributed by atoms with Gasteiger partial charge in [-0.3, -0.25) is 0 Å². The van der Waals surface area contributed by atoms with Crippen LogP contribution in [0.2, 0.25) is 0 Å². The lowest BCUT2D eigenvalue weighted by Crippen LogP contribution is -2.81. The summed E-state index contributed by atoms with van der Waals surface area (Å²) in [5.41, 5.74) is -13.1. The molecule has 7 aromatic rings. The number of para-hydroxylation sites is 1. The summed E-state index contributed by atoms with van der Waals surface area (Å²) in [6, 6.07) is 17.9. The Hall–Kier alpha value is -6.79. The van der Waals surface area contributed by atoms with E-state index >= 15 is 35.1 Å². The third-order valence-electron chi connectivity index (χ3n) is 9.73. The van der Waals surface area contributed by atoms with Gasteiger partial charge in [0, 0.05) is 10.5 Å². The zero-order valence-electron chi connectivity index (χ0n) is 31.5. The highest BCUT2D eigenvalue weighted by atomic mass is 32.1. The molecule has 3 nitrogen and oxygen atoms in total. The molecule has 0 aliphatic carbocycles. The van der Waals surface area contributed by atoms with Crippen LogP contribution in [-0.4, -0.2) is 11.1 Å². The number of ether oxygens (including phenoxy) is 1. The average Bonchev–Trinajstić information content (AvgIpc) is 3.30. The average molecular weight is 974 g/mol. The summed E-state index contributed by atoms with van der Waals surface area (Å²) in [5, 5.41) is 0. The van der Waals surface area contributed by atoms with Crippen molar-refractivity contribution in [2.24, 2.45) is 0 Å². The normalized spacial score (nSPS) is 11.5. The number of thiol groups is 1. The molecule has 1 aromatic heterocycles. The molecule has 0 unspecified atom stereocenters. The Balaban J connectivity index is 0.000000284. The highest BCUT2D eigenvalue weighted by Gasteiger charge is 2.52. The largest absolute Gasteiger partial charge is 0.433 e. The molecule has 0 aliphatic heterocycles. The van der Waals surface area contributed by atoms with Crippen LogP contribution in [0.3, 0.4) is 0 Å². The smallest absolute Gasteiger partial charge is 0.285 e. The van der Waals surface area contributed by atoms with Crippen molar-refractivity contribution in [2.45, 2.75) is 11.4 Å². The fourth-order valence-electron chi connectivity index (χ4n) is 6.89. The SMILES string of the molecule is Fc1c(F)c(F)c([B-](c2c(F)c(F)c(F)c(F)c2F)(c2c(F)c(F)c(F)c(F)c2F)c2c(F)c(F)c(F)c(F)c2F)c(F)c1F.Sc1ccccc1Oc1c[n+](Cc2ccccc2)ccn1. The van der Waals surface area contributed by atoms with Crippen LogP contribution in [0.5, 0.6) is 11.6 Å². The van der Waals surface area contributed by atoms with Crippen molar-refractivity contribution in [1.29, 1.82) is 0 Å². The van der Waals surface area contributed by atoms with Gasteiger partial charge in [0.25, 0.3) is 5.88 Å². The highest BCUT2D eigenvalue weighted by Crippen LogP contribution is 2.31. The Kier molecular flexibility index (Phi) is 13.7. The number of aromatic nitrogens is 2. The first-order chi connectivity index (χ1) is 31.0. The zero-order valence-corrected chi connectivity index (χ0v) is 32.4. The predicted octanol–water partition coefficient (Wildman–Crippen LogP) is 9.34. The number of benzene rings is 6. The number of rotatable bonds is 8. The first-order valence-corrected chi connectivity index (χ1v) is 18.0. The van der Waals surface area contributed by atoms with Crippen LogP contribution < -0.4 is 31.2 Å². The van der Waals surface area contributed by atoms with Gasteiger partial charge in [-0.05, 0) is 12.1 Å². The minimum Gasteiger partial charge on any atom is -0.433 e. The summed E-state index contributed by atoms with van der Waals surface area (Å²) >= 11 is 4.37. The Morgan fingerprint density at radius 1 is 0.409 bits per heavy atom. The molecule has 0 spiro atoms. The molecular weight excluding hydrogens is 959 g/mol. The van der Waals surface area contributed by atoms with Gasteiger partial charge in [-0.25, -0.2) is 92.8 Å². The van der Waals surface area contributed by atoms with Crippen molar-refractivity contribution < 1.29 is 97.1 Å². The van der Waals surface area contributed by atoms with E-state index in [9.17, 15) is 52.7 Å². The first-order valence-electron chi connectivity index (χ1n) is 17.6. The van der Waals surface area contributed by atoms with E-state index in [0.717, 1.165) is 11.4 Å². The second-order valence-electron chi connectivity index (χ2n) is 13.4. The topological polar surface area (TPSA) is 26.0 Å². The van der Waals surface area contributed by atoms with Crippen LogP contribution in [0.25, 0.3) is 0 Å². The molecule has 344 valence electrons. The lowest BCUT2D eigenvalue weighted by molar-refractivity contribution is -0.689. The number of halogens is 20. The van der Waals surface area contributed by atoms with Gasteiger partial charge in [-0.1, -0.05) is 42.5 Å². The maximum atomic E-state index is 15.4. The van der Waals surface area contributed by atoms with E-state index in [1.54, 1.807) is 6.20 Å². The minimum absolute atomic E-state index is 0.551. The van der Waals surface area contributed by atoms with Gasteiger partial charge in [-0.15, -0.1) is 34.5 Å². The fourth-order valence-corrected chi connectivity index (χ4v) is 7.09. The number of hydrogen-bond donors (Lipinski definition) is 1. The van der Waals surface area contributed by atoms with Gasteiger partial charge in [0.2, 0.25) is 6.20 Å². The maximum absolute atomic E-state index is 15.4.